The molecule has 1 unspecified atom stereocenters. The number of hydrogen-bond acceptors (Lipinski definition) is 5. The van der Waals surface area contributed by atoms with E-state index in [2.05, 4.69) is 10.3 Å². The van der Waals surface area contributed by atoms with Gasteiger partial charge in [-0.25, -0.2) is 4.98 Å². The molecule has 1 atom stereocenters. The van der Waals surface area contributed by atoms with Crippen LogP contribution in [0, 0.1) is 13.8 Å². The van der Waals surface area contributed by atoms with E-state index in [0.717, 1.165) is 5.56 Å². The van der Waals surface area contributed by atoms with Gasteiger partial charge in [0.25, 0.3) is 11.5 Å². The number of ether oxygens (including phenoxy) is 2. The average molecular weight is 345 g/mol. The standard InChI is InChI=1S/C18H23N3O4/c1-12-5-6-15(16(9-12)24-4)25-14(3)18(23)19-7-8-21-11-20-13(2)10-17(21)22/h5-6,9-11,14H,7-8H2,1-4H3,(H,19,23). The van der Waals surface area contributed by atoms with Crippen LogP contribution in [0.3, 0.4) is 0 Å². The molecule has 0 aliphatic rings. The van der Waals surface area contributed by atoms with Gasteiger partial charge in [-0.2, -0.15) is 0 Å². The van der Waals surface area contributed by atoms with Crippen LogP contribution in [0.1, 0.15) is 18.2 Å². The van der Waals surface area contributed by atoms with Crippen molar-refractivity contribution in [1.82, 2.24) is 14.9 Å². The highest BCUT2D eigenvalue weighted by Crippen LogP contribution is 2.28. The van der Waals surface area contributed by atoms with E-state index < -0.39 is 6.10 Å². The second-order valence-electron chi connectivity index (χ2n) is 5.77. The first-order chi connectivity index (χ1) is 11.9. The lowest BCUT2D eigenvalue weighted by atomic mass is 10.2. The monoisotopic (exact) mass is 345 g/mol. The third kappa shape index (κ3) is 5.07. The number of aryl methyl sites for hydroxylation is 2. The van der Waals surface area contributed by atoms with E-state index in [-0.39, 0.29) is 11.5 Å². The number of methoxy groups -OCH3 is 1. The van der Waals surface area contributed by atoms with Crippen molar-refractivity contribution in [2.75, 3.05) is 13.7 Å². The van der Waals surface area contributed by atoms with E-state index in [9.17, 15) is 9.59 Å². The smallest absolute Gasteiger partial charge is 0.260 e. The molecule has 25 heavy (non-hydrogen) atoms. The molecule has 0 fully saturated rings. The Kier molecular flexibility index (Phi) is 6.16. The summed E-state index contributed by atoms with van der Waals surface area (Å²) >= 11 is 0. The van der Waals surface area contributed by atoms with Crippen LogP contribution in [0.15, 0.2) is 35.4 Å². The second kappa shape index (κ2) is 8.32. The summed E-state index contributed by atoms with van der Waals surface area (Å²) in [5.41, 5.74) is 1.56. The van der Waals surface area contributed by atoms with Crippen molar-refractivity contribution in [2.45, 2.75) is 33.4 Å². The molecule has 0 radical (unpaired) electrons. The van der Waals surface area contributed by atoms with Gasteiger partial charge in [0.05, 0.1) is 13.4 Å². The van der Waals surface area contributed by atoms with Crippen LogP contribution in [-0.2, 0) is 11.3 Å². The zero-order valence-electron chi connectivity index (χ0n) is 14.9. The molecule has 0 saturated carbocycles. The molecule has 1 amide bonds. The van der Waals surface area contributed by atoms with Crippen LogP contribution in [0.4, 0.5) is 0 Å². The molecule has 0 bridgehead atoms. The topological polar surface area (TPSA) is 82.4 Å². The lowest BCUT2D eigenvalue weighted by molar-refractivity contribution is -0.127. The van der Waals surface area contributed by atoms with Crippen molar-refractivity contribution >= 4 is 5.91 Å². The van der Waals surface area contributed by atoms with Crippen molar-refractivity contribution in [1.29, 1.82) is 0 Å². The van der Waals surface area contributed by atoms with E-state index in [1.165, 1.54) is 17.0 Å². The lowest BCUT2D eigenvalue weighted by Gasteiger charge is -2.17. The maximum absolute atomic E-state index is 12.2. The van der Waals surface area contributed by atoms with Gasteiger partial charge in [-0.15, -0.1) is 0 Å². The van der Waals surface area contributed by atoms with Crippen molar-refractivity contribution in [3.05, 3.63) is 52.2 Å². The fraction of sp³-hybridized carbons (Fsp3) is 0.389. The summed E-state index contributed by atoms with van der Waals surface area (Å²) in [5, 5.41) is 2.75. The third-order valence-corrected chi connectivity index (χ3v) is 3.66. The summed E-state index contributed by atoms with van der Waals surface area (Å²) in [6, 6.07) is 6.96. The van der Waals surface area contributed by atoms with Crippen LogP contribution in [0.5, 0.6) is 11.5 Å². The molecular formula is C18H23N3O4. The van der Waals surface area contributed by atoms with Gasteiger partial charge in [-0.1, -0.05) is 6.07 Å². The normalized spacial score (nSPS) is 11.7. The Morgan fingerprint density at radius 2 is 2.04 bits per heavy atom. The van der Waals surface area contributed by atoms with Crippen molar-refractivity contribution in [2.24, 2.45) is 0 Å². The number of rotatable bonds is 7. The highest BCUT2D eigenvalue weighted by molar-refractivity contribution is 5.80. The summed E-state index contributed by atoms with van der Waals surface area (Å²) in [6.07, 6.45) is 0.783. The highest BCUT2D eigenvalue weighted by atomic mass is 16.5. The summed E-state index contributed by atoms with van der Waals surface area (Å²) in [5.74, 6) is 0.822. The number of aromatic nitrogens is 2. The van der Waals surface area contributed by atoms with E-state index in [0.29, 0.717) is 30.3 Å². The minimum absolute atomic E-state index is 0.143. The molecule has 1 aromatic heterocycles. The van der Waals surface area contributed by atoms with Gasteiger partial charge >= 0.3 is 0 Å². The maximum Gasteiger partial charge on any atom is 0.260 e. The summed E-state index contributed by atoms with van der Waals surface area (Å²) < 4.78 is 12.4. The molecule has 1 N–H and O–H groups in total. The van der Waals surface area contributed by atoms with Crippen LogP contribution in [0.25, 0.3) is 0 Å². The Balaban J connectivity index is 1.89. The Bertz CT molecular complexity index is 801. The number of nitrogens with one attached hydrogen (secondary N) is 1. The number of nitrogens with zero attached hydrogens (tertiary/aromatic N) is 2. The molecule has 0 aliphatic carbocycles. The first kappa shape index (κ1) is 18.5. The summed E-state index contributed by atoms with van der Waals surface area (Å²) in [7, 11) is 1.56. The van der Waals surface area contributed by atoms with Crippen molar-refractivity contribution in [3.8, 4) is 11.5 Å². The first-order valence-corrected chi connectivity index (χ1v) is 8.03. The molecular weight excluding hydrogens is 322 g/mol. The summed E-state index contributed by atoms with van der Waals surface area (Å²) in [6.45, 7) is 6.02. The molecule has 2 aromatic rings. The minimum Gasteiger partial charge on any atom is -0.493 e. The van der Waals surface area contributed by atoms with E-state index >= 15 is 0 Å². The fourth-order valence-corrected chi connectivity index (χ4v) is 2.24. The Labute approximate surface area is 146 Å². The Hall–Kier alpha value is -2.83. The van der Waals surface area contributed by atoms with Gasteiger partial charge in [0, 0.05) is 24.8 Å². The summed E-state index contributed by atoms with van der Waals surface area (Å²) in [4.78, 5) is 28.0. The number of amides is 1. The number of hydrogen-bond donors (Lipinski definition) is 1. The molecule has 1 aromatic carbocycles. The molecule has 0 spiro atoms. The fourth-order valence-electron chi connectivity index (χ4n) is 2.24. The van der Waals surface area contributed by atoms with Gasteiger partial charge in [0.15, 0.2) is 17.6 Å². The molecule has 7 heteroatoms. The zero-order chi connectivity index (χ0) is 18.4. The Morgan fingerprint density at radius 1 is 1.28 bits per heavy atom. The largest absolute Gasteiger partial charge is 0.493 e. The predicted molar refractivity (Wildman–Crippen MR) is 94.1 cm³/mol. The van der Waals surface area contributed by atoms with Gasteiger partial charge in [0.1, 0.15) is 0 Å². The first-order valence-electron chi connectivity index (χ1n) is 8.03. The minimum atomic E-state index is -0.690. The van der Waals surface area contributed by atoms with E-state index in [1.807, 2.05) is 19.1 Å². The quantitative estimate of drug-likeness (QED) is 0.821. The molecule has 0 aliphatic heterocycles. The van der Waals surface area contributed by atoms with Gasteiger partial charge < -0.3 is 14.8 Å². The van der Waals surface area contributed by atoms with E-state index in [4.69, 9.17) is 9.47 Å². The average Bonchev–Trinajstić information content (AvgIpc) is 2.58. The van der Waals surface area contributed by atoms with Crippen molar-refractivity contribution in [3.63, 3.8) is 0 Å². The molecule has 134 valence electrons. The van der Waals surface area contributed by atoms with Crippen LogP contribution < -0.4 is 20.3 Å². The van der Waals surface area contributed by atoms with Crippen LogP contribution >= 0.6 is 0 Å². The number of benzene rings is 1. The molecule has 7 nitrogen and oxygen atoms in total. The predicted octanol–water partition coefficient (Wildman–Crippen LogP) is 1.45. The second-order valence-corrected chi connectivity index (χ2v) is 5.77. The van der Waals surface area contributed by atoms with Crippen LogP contribution in [0.2, 0.25) is 0 Å². The molecule has 0 saturated heterocycles. The van der Waals surface area contributed by atoms with E-state index in [1.54, 1.807) is 27.0 Å². The Morgan fingerprint density at radius 3 is 2.72 bits per heavy atom. The van der Waals surface area contributed by atoms with Gasteiger partial charge in [-0.05, 0) is 38.5 Å². The van der Waals surface area contributed by atoms with Crippen molar-refractivity contribution < 1.29 is 14.3 Å². The number of carbonyl (C=O) groups excluding carboxylic acids is 1. The zero-order valence-corrected chi connectivity index (χ0v) is 14.9. The highest BCUT2D eigenvalue weighted by Gasteiger charge is 2.16. The molecule has 1 heterocycles. The number of carbonyl (C=O) groups is 1. The third-order valence-electron chi connectivity index (χ3n) is 3.66. The van der Waals surface area contributed by atoms with Crippen LogP contribution in [-0.4, -0.2) is 35.2 Å². The van der Waals surface area contributed by atoms with Gasteiger partial charge in [0.2, 0.25) is 0 Å². The maximum atomic E-state index is 12.2. The van der Waals surface area contributed by atoms with Gasteiger partial charge in [-0.3, -0.25) is 14.2 Å². The SMILES string of the molecule is COc1cc(C)ccc1OC(C)C(=O)NCCn1cnc(C)cc1=O. The lowest BCUT2D eigenvalue weighted by Crippen LogP contribution is -2.38. The molecule has 2 rings (SSSR count).